The number of rotatable bonds is 4. The van der Waals surface area contributed by atoms with E-state index in [0.717, 1.165) is 11.8 Å². The fraction of sp³-hybridized carbons (Fsp3) is 0.143. The lowest BCUT2D eigenvalue weighted by Crippen LogP contribution is -2.04. The molecule has 0 radical (unpaired) electrons. The summed E-state index contributed by atoms with van der Waals surface area (Å²) in [6, 6.07) is 9.29. The SMILES string of the molecule is CS(=O)(=O)c1ccc(CNc2cc(F)c(Br)cc2N)cc1. The molecule has 0 bridgehead atoms. The van der Waals surface area contributed by atoms with Crippen molar-refractivity contribution in [2.45, 2.75) is 11.4 Å². The molecular weight excluding hydrogens is 359 g/mol. The van der Waals surface area contributed by atoms with E-state index in [0.29, 0.717) is 22.4 Å². The molecule has 4 nitrogen and oxygen atoms in total. The van der Waals surface area contributed by atoms with E-state index in [1.807, 2.05) is 0 Å². The van der Waals surface area contributed by atoms with E-state index in [-0.39, 0.29) is 4.90 Å². The van der Waals surface area contributed by atoms with Crippen LogP contribution in [-0.4, -0.2) is 14.7 Å². The van der Waals surface area contributed by atoms with Gasteiger partial charge in [0.2, 0.25) is 0 Å². The number of nitrogen functional groups attached to an aromatic ring is 1. The van der Waals surface area contributed by atoms with Crippen LogP contribution in [0.5, 0.6) is 0 Å². The van der Waals surface area contributed by atoms with Crippen molar-refractivity contribution in [3.63, 3.8) is 0 Å². The quantitative estimate of drug-likeness (QED) is 0.808. The van der Waals surface area contributed by atoms with Gasteiger partial charge < -0.3 is 11.1 Å². The van der Waals surface area contributed by atoms with Crippen molar-refractivity contribution >= 4 is 37.1 Å². The van der Waals surface area contributed by atoms with Gasteiger partial charge in [0.05, 0.1) is 20.7 Å². The Morgan fingerprint density at radius 3 is 2.43 bits per heavy atom. The molecule has 0 atom stereocenters. The van der Waals surface area contributed by atoms with E-state index in [1.54, 1.807) is 12.1 Å². The van der Waals surface area contributed by atoms with E-state index < -0.39 is 15.7 Å². The van der Waals surface area contributed by atoms with Gasteiger partial charge in [-0.15, -0.1) is 0 Å². The lowest BCUT2D eigenvalue weighted by Gasteiger charge is -2.10. The second kappa shape index (κ2) is 6.03. The minimum atomic E-state index is -3.20. The molecule has 0 saturated heterocycles. The number of sulfone groups is 1. The fourth-order valence-electron chi connectivity index (χ4n) is 1.77. The molecule has 0 spiro atoms. The van der Waals surface area contributed by atoms with Crippen LogP contribution in [0.25, 0.3) is 0 Å². The molecule has 3 N–H and O–H groups in total. The smallest absolute Gasteiger partial charge is 0.175 e. The molecule has 0 aliphatic carbocycles. The van der Waals surface area contributed by atoms with Crippen LogP contribution < -0.4 is 11.1 Å². The first-order chi connectivity index (χ1) is 9.77. The fourth-order valence-corrected chi connectivity index (χ4v) is 2.76. The summed E-state index contributed by atoms with van der Waals surface area (Å²) in [5, 5.41) is 3.02. The maximum absolute atomic E-state index is 13.5. The van der Waals surface area contributed by atoms with Crippen LogP contribution in [0.3, 0.4) is 0 Å². The Morgan fingerprint density at radius 2 is 1.86 bits per heavy atom. The van der Waals surface area contributed by atoms with Gasteiger partial charge >= 0.3 is 0 Å². The Labute approximate surface area is 131 Å². The van der Waals surface area contributed by atoms with Crippen molar-refractivity contribution in [3.8, 4) is 0 Å². The summed E-state index contributed by atoms with van der Waals surface area (Å²) in [4.78, 5) is 0.264. The average molecular weight is 373 g/mol. The number of nitrogens with one attached hydrogen (secondary N) is 1. The Kier molecular flexibility index (Phi) is 4.53. The third kappa shape index (κ3) is 3.95. The third-order valence-corrected chi connectivity index (χ3v) is 4.66. The topological polar surface area (TPSA) is 72.2 Å². The molecule has 0 aliphatic rings. The van der Waals surface area contributed by atoms with Gasteiger partial charge in [-0.1, -0.05) is 12.1 Å². The first kappa shape index (κ1) is 15.8. The van der Waals surface area contributed by atoms with E-state index in [2.05, 4.69) is 21.2 Å². The first-order valence-electron chi connectivity index (χ1n) is 6.05. The zero-order valence-corrected chi connectivity index (χ0v) is 13.6. The third-order valence-electron chi connectivity index (χ3n) is 2.93. The summed E-state index contributed by atoms with van der Waals surface area (Å²) in [5.41, 5.74) is 7.58. The maximum Gasteiger partial charge on any atom is 0.175 e. The number of benzene rings is 2. The van der Waals surface area contributed by atoms with Crippen molar-refractivity contribution in [1.82, 2.24) is 0 Å². The van der Waals surface area contributed by atoms with Crippen molar-refractivity contribution in [2.24, 2.45) is 0 Å². The van der Waals surface area contributed by atoms with Gasteiger partial charge in [0.25, 0.3) is 0 Å². The molecule has 0 fully saturated rings. The predicted octanol–water partition coefficient (Wildman–Crippen LogP) is 3.19. The highest BCUT2D eigenvalue weighted by molar-refractivity contribution is 9.10. The van der Waals surface area contributed by atoms with E-state index in [9.17, 15) is 12.8 Å². The molecule has 7 heteroatoms. The van der Waals surface area contributed by atoms with Crippen LogP contribution in [0.15, 0.2) is 45.8 Å². The molecule has 2 rings (SSSR count). The van der Waals surface area contributed by atoms with Crippen molar-refractivity contribution < 1.29 is 12.8 Å². The van der Waals surface area contributed by atoms with Crippen LogP contribution >= 0.6 is 15.9 Å². The second-order valence-corrected chi connectivity index (χ2v) is 7.49. The second-order valence-electron chi connectivity index (χ2n) is 4.62. The zero-order chi connectivity index (χ0) is 15.6. The molecule has 0 saturated carbocycles. The molecular formula is C14H14BrFN2O2S. The minimum absolute atomic E-state index is 0.264. The largest absolute Gasteiger partial charge is 0.397 e. The number of nitrogens with two attached hydrogens (primary N) is 1. The maximum atomic E-state index is 13.5. The van der Waals surface area contributed by atoms with Crippen LogP contribution in [-0.2, 0) is 16.4 Å². The Bertz CT molecular complexity index is 761. The van der Waals surface area contributed by atoms with E-state index >= 15 is 0 Å². The minimum Gasteiger partial charge on any atom is -0.397 e. The van der Waals surface area contributed by atoms with Crippen LogP contribution in [0.1, 0.15) is 5.56 Å². The standard InChI is InChI=1S/C14H14BrFN2O2S/c1-21(19,20)10-4-2-9(3-5-10)8-18-14-7-12(16)11(15)6-13(14)17/h2-7,18H,8,17H2,1H3. The first-order valence-corrected chi connectivity index (χ1v) is 8.73. The summed E-state index contributed by atoms with van der Waals surface area (Å²) >= 11 is 3.06. The lowest BCUT2D eigenvalue weighted by molar-refractivity contribution is 0.602. The van der Waals surface area contributed by atoms with Gasteiger partial charge in [-0.2, -0.15) is 0 Å². The highest BCUT2D eigenvalue weighted by Gasteiger charge is 2.08. The molecule has 0 heterocycles. The number of hydrogen-bond donors (Lipinski definition) is 2. The zero-order valence-electron chi connectivity index (χ0n) is 11.2. The summed E-state index contributed by atoms with van der Waals surface area (Å²) in [6.45, 7) is 0.412. The van der Waals surface area contributed by atoms with Gasteiger partial charge in [0.15, 0.2) is 9.84 Å². The Balaban J connectivity index is 2.12. The highest BCUT2D eigenvalue weighted by Crippen LogP contribution is 2.26. The van der Waals surface area contributed by atoms with Gasteiger partial charge in [-0.3, -0.25) is 0 Å². The Morgan fingerprint density at radius 1 is 1.24 bits per heavy atom. The molecule has 0 aromatic heterocycles. The summed E-state index contributed by atoms with van der Waals surface area (Å²) in [7, 11) is -3.20. The lowest BCUT2D eigenvalue weighted by atomic mass is 10.2. The summed E-state index contributed by atoms with van der Waals surface area (Å²) in [5.74, 6) is -0.404. The average Bonchev–Trinajstić information content (AvgIpc) is 2.41. The van der Waals surface area contributed by atoms with Crippen molar-refractivity contribution in [2.75, 3.05) is 17.3 Å². The molecule has 0 amide bonds. The molecule has 0 unspecified atom stereocenters. The monoisotopic (exact) mass is 372 g/mol. The number of anilines is 2. The van der Waals surface area contributed by atoms with Crippen LogP contribution in [0, 0.1) is 5.82 Å². The van der Waals surface area contributed by atoms with Crippen LogP contribution in [0.2, 0.25) is 0 Å². The van der Waals surface area contributed by atoms with E-state index in [1.165, 1.54) is 24.3 Å². The molecule has 2 aromatic rings. The summed E-state index contributed by atoms with van der Waals surface area (Å²) < 4.78 is 36.5. The molecule has 112 valence electrons. The van der Waals surface area contributed by atoms with Crippen LogP contribution in [0.4, 0.5) is 15.8 Å². The number of halogens is 2. The van der Waals surface area contributed by atoms with Gasteiger partial charge in [-0.25, -0.2) is 12.8 Å². The van der Waals surface area contributed by atoms with Crippen molar-refractivity contribution in [1.29, 1.82) is 0 Å². The molecule has 2 aromatic carbocycles. The summed E-state index contributed by atoms with van der Waals surface area (Å²) in [6.07, 6.45) is 1.16. The molecule has 0 aliphatic heterocycles. The Hall–Kier alpha value is -1.60. The van der Waals surface area contributed by atoms with E-state index in [4.69, 9.17) is 5.73 Å². The highest BCUT2D eigenvalue weighted by atomic mass is 79.9. The van der Waals surface area contributed by atoms with Gasteiger partial charge in [0.1, 0.15) is 5.82 Å². The molecule has 21 heavy (non-hydrogen) atoms. The normalized spacial score (nSPS) is 11.4. The van der Waals surface area contributed by atoms with Crippen molar-refractivity contribution in [3.05, 3.63) is 52.3 Å². The number of hydrogen-bond acceptors (Lipinski definition) is 4. The van der Waals surface area contributed by atoms with Gasteiger partial charge in [0, 0.05) is 18.9 Å². The van der Waals surface area contributed by atoms with Gasteiger partial charge in [-0.05, 0) is 39.7 Å². The predicted molar refractivity (Wildman–Crippen MR) is 85.4 cm³/mol.